The van der Waals surface area contributed by atoms with E-state index in [1.54, 1.807) is 0 Å². The van der Waals surface area contributed by atoms with Gasteiger partial charge in [-0.15, -0.1) is 0 Å². The van der Waals surface area contributed by atoms with Crippen molar-refractivity contribution in [2.45, 2.75) is 13.5 Å². The van der Waals surface area contributed by atoms with Crippen LogP contribution in [0, 0.1) is 18.6 Å². The number of para-hydroxylation sites is 2. The molecule has 1 aromatic heterocycles. The quantitative estimate of drug-likeness (QED) is 0.794. The van der Waals surface area contributed by atoms with Gasteiger partial charge in [-0.1, -0.05) is 12.1 Å². The zero-order chi connectivity index (χ0) is 14.8. The Balaban J connectivity index is 1.88. The Morgan fingerprint density at radius 3 is 2.48 bits per heavy atom. The number of halogens is 2. The number of hydrogen-bond donors (Lipinski definition) is 1. The maximum absolute atomic E-state index is 13.6. The van der Waals surface area contributed by atoms with Crippen LogP contribution < -0.4 is 5.32 Å². The van der Waals surface area contributed by atoms with Gasteiger partial charge in [0.15, 0.2) is 0 Å². The fourth-order valence-electron chi connectivity index (χ4n) is 2.11. The molecule has 1 heterocycles. The van der Waals surface area contributed by atoms with Gasteiger partial charge < -0.3 is 5.32 Å². The third-order valence-corrected chi connectivity index (χ3v) is 3.20. The minimum Gasteiger partial charge on any atom is -0.364 e. The van der Waals surface area contributed by atoms with Crippen molar-refractivity contribution in [3.8, 4) is 0 Å². The number of fused-ring (bicyclic) bond motifs is 1. The van der Waals surface area contributed by atoms with Gasteiger partial charge in [0.05, 0.1) is 16.7 Å². The van der Waals surface area contributed by atoms with Crippen LogP contribution in [-0.2, 0) is 6.54 Å². The zero-order valence-electron chi connectivity index (χ0n) is 11.4. The molecule has 2 aromatic carbocycles. The molecule has 0 radical (unpaired) electrons. The van der Waals surface area contributed by atoms with Crippen LogP contribution in [0.1, 0.15) is 11.3 Å². The lowest BCUT2D eigenvalue weighted by atomic mass is 10.2. The summed E-state index contributed by atoms with van der Waals surface area (Å²) in [7, 11) is 0. The van der Waals surface area contributed by atoms with Crippen molar-refractivity contribution in [3.05, 3.63) is 65.4 Å². The lowest BCUT2D eigenvalue weighted by molar-refractivity contribution is 0.587. The molecule has 0 saturated carbocycles. The monoisotopic (exact) mass is 285 g/mol. The number of benzene rings is 2. The van der Waals surface area contributed by atoms with Crippen molar-refractivity contribution < 1.29 is 8.78 Å². The van der Waals surface area contributed by atoms with Crippen molar-refractivity contribution in [2.24, 2.45) is 0 Å². The van der Waals surface area contributed by atoms with Gasteiger partial charge in [-0.3, -0.25) is 0 Å². The smallest absolute Gasteiger partial charge is 0.148 e. The maximum Gasteiger partial charge on any atom is 0.148 e. The van der Waals surface area contributed by atoms with E-state index in [-0.39, 0.29) is 12.1 Å². The Morgan fingerprint density at radius 2 is 1.71 bits per heavy atom. The van der Waals surface area contributed by atoms with Gasteiger partial charge >= 0.3 is 0 Å². The second-order valence-corrected chi connectivity index (χ2v) is 4.74. The molecule has 0 aliphatic rings. The van der Waals surface area contributed by atoms with Gasteiger partial charge in [0.1, 0.15) is 17.5 Å². The Kier molecular flexibility index (Phi) is 3.48. The summed E-state index contributed by atoms with van der Waals surface area (Å²) in [6.07, 6.45) is 0. The van der Waals surface area contributed by atoms with Gasteiger partial charge in [-0.2, -0.15) is 0 Å². The molecule has 1 N–H and O–H groups in total. The number of anilines is 1. The van der Waals surface area contributed by atoms with E-state index in [9.17, 15) is 8.78 Å². The number of hydrogen-bond acceptors (Lipinski definition) is 3. The van der Waals surface area contributed by atoms with E-state index < -0.39 is 11.6 Å². The lowest BCUT2D eigenvalue weighted by Crippen LogP contribution is -2.06. The zero-order valence-corrected chi connectivity index (χ0v) is 11.4. The topological polar surface area (TPSA) is 37.8 Å². The summed E-state index contributed by atoms with van der Waals surface area (Å²) in [6.45, 7) is 1.97. The summed E-state index contributed by atoms with van der Waals surface area (Å²) < 4.78 is 26.7. The summed E-state index contributed by atoms with van der Waals surface area (Å²) >= 11 is 0. The molecule has 0 bridgehead atoms. The molecular weight excluding hydrogens is 272 g/mol. The van der Waals surface area contributed by atoms with E-state index in [0.29, 0.717) is 11.5 Å². The van der Waals surface area contributed by atoms with Crippen LogP contribution in [0.5, 0.6) is 0 Å². The van der Waals surface area contributed by atoms with Crippen LogP contribution in [0.2, 0.25) is 0 Å². The fraction of sp³-hybridized carbons (Fsp3) is 0.125. The molecule has 0 fully saturated rings. The molecule has 3 nitrogen and oxygen atoms in total. The highest BCUT2D eigenvalue weighted by Gasteiger charge is 2.07. The van der Waals surface area contributed by atoms with Crippen molar-refractivity contribution in [2.75, 3.05) is 5.32 Å². The van der Waals surface area contributed by atoms with Crippen LogP contribution >= 0.6 is 0 Å². The molecule has 0 atom stereocenters. The van der Waals surface area contributed by atoms with E-state index in [1.807, 2.05) is 31.2 Å². The minimum absolute atomic E-state index is 0.150. The summed E-state index contributed by atoms with van der Waals surface area (Å²) in [5.41, 5.74) is 2.53. The number of nitrogens with one attached hydrogen (secondary N) is 1. The molecule has 0 saturated heterocycles. The first-order valence-electron chi connectivity index (χ1n) is 6.54. The molecule has 21 heavy (non-hydrogen) atoms. The molecule has 0 aliphatic carbocycles. The van der Waals surface area contributed by atoms with Crippen LogP contribution in [-0.4, -0.2) is 9.97 Å². The first kappa shape index (κ1) is 13.4. The number of aromatic nitrogens is 2. The van der Waals surface area contributed by atoms with E-state index >= 15 is 0 Å². The number of rotatable bonds is 3. The molecule has 3 rings (SSSR count). The van der Waals surface area contributed by atoms with Gasteiger partial charge in [0, 0.05) is 12.1 Å². The van der Waals surface area contributed by atoms with Crippen LogP contribution in [0.15, 0.2) is 42.5 Å². The molecule has 106 valence electrons. The predicted molar refractivity (Wildman–Crippen MR) is 78.0 cm³/mol. The van der Waals surface area contributed by atoms with E-state index in [2.05, 4.69) is 15.3 Å². The third kappa shape index (κ3) is 2.81. The molecule has 3 aromatic rings. The van der Waals surface area contributed by atoms with Gasteiger partial charge in [-0.25, -0.2) is 18.7 Å². The second kappa shape index (κ2) is 5.44. The van der Waals surface area contributed by atoms with E-state index in [0.717, 1.165) is 23.2 Å². The van der Waals surface area contributed by atoms with Crippen LogP contribution in [0.3, 0.4) is 0 Å². The largest absolute Gasteiger partial charge is 0.364 e. The molecule has 0 spiro atoms. The second-order valence-electron chi connectivity index (χ2n) is 4.74. The molecule has 0 unspecified atom stereocenters. The predicted octanol–water partition coefficient (Wildman–Crippen LogP) is 3.83. The first-order chi connectivity index (χ1) is 10.1. The maximum atomic E-state index is 13.6. The van der Waals surface area contributed by atoms with Crippen molar-refractivity contribution in [3.63, 3.8) is 0 Å². The Bertz CT molecular complexity index is 803. The molecular formula is C16H13F2N3. The standard InChI is InChI=1S/C16H13F2N3/c1-10-16(21-15-5-3-2-4-14(15)20-10)19-9-11-8-12(17)6-7-13(11)18/h2-8H,9H2,1H3,(H,19,21). The number of nitrogens with zero attached hydrogens (tertiary/aromatic N) is 2. The highest BCUT2D eigenvalue weighted by Crippen LogP contribution is 2.17. The van der Waals surface area contributed by atoms with Crippen LogP contribution in [0.25, 0.3) is 11.0 Å². The Morgan fingerprint density at radius 1 is 1.00 bits per heavy atom. The molecule has 5 heteroatoms. The van der Waals surface area contributed by atoms with Crippen LogP contribution in [0.4, 0.5) is 14.6 Å². The summed E-state index contributed by atoms with van der Waals surface area (Å²) in [5.74, 6) is -0.345. The summed E-state index contributed by atoms with van der Waals surface area (Å²) in [6, 6.07) is 10.9. The molecule has 0 amide bonds. The van der Waals surface area contributed by atoms with Crippen molar-refractivity contribution >= 4 is 16.9 Å². The Hall–Kier alpha value is -2.56. The fourth-order valence-corrected chi connectivity index (χ4v) is 2.11. The highest BCUT2D eigenvalue weighted by molar-refractivity contribution is 5.76. The first-order valence-corrected chi connectivity index (χ1v) is 6.54. The highest BCUT2D eigenvalue weighted by atomic mass is 19.1. The molecule has 0 aliphatic heterocycles. The third-order valence-electron chi connectivity index (χ3n) is 3.20. The van der Waals surface area contributed by atoms with Gasteiger partial charge in [0.25, 0.3) is 0 Å². The minimum atomic E-state index is -0.463. The average molecular weight is 285 g/mol. The lowest BCUT2D eigenvalue weighted by Gasteiger charge is -2.10. The van der Waals surface area contributed by atoms with Crippen molar-refractivity contribution in [1.29, 1.82) is 0 Å². The summed E-state index contributed by atoms with van der Waals surface area (Å²) in [5, 5.41) is 3.01. The van der Waals surface area contributed by atoms with Crippen molar-refractivity contribution in [1.82, 2.24) is 9.97 Å². The normalized spacial score (nSPS) is 10.8. The summed E-state index contributed by atoms with van der Waals surface area (Å²) in [4.78, 5) is 8.89. The van der Waals surface area contributed by atoms with Gasteiger partial charge in [0.2, 0.25) is 0 Å². The van der Waals surface area contributed by atoms with E-state index in [4.69, 9.17) is 0 Å². The average Bonchev–Trinajstić information content (AvgIpc) is 2.48. The SMILES string of the molecule is Cc1nc2ccccc2nc1NCc1cc(F)ccc1F. The Labute approximate surface area is 120 Å². The number of aryl methyl sites for hydroxylation is 1. The van der Waals surface area contributed by atoms with E-state index in [1.165, 1.54) is 6.07 Å². The van der Waals surface area contributed by atoms with Gasteiger partial charge in [-0.05, 0) is 37.3 Å².